The Balaban J connectivity index is 3.55. The summed E-state index contributed by atoms with van der Waals surface area (Å²) in [5, 5.41) is 20.9. The maximum atomic E-state index is 9.16. The number of nitrogens with zero attached hydrogens (tertiary/aromatic N) is 3. The minimum absolute atomic E-state index is 0.0989. The van der Waals surface area contributed by atoms with Gasteiger partial charge in [0.05, 0.1) is 0 Å². The summed E-state index contributed by atoms with van der Waals surface area (Å²) in [6.07, 6.45) is 0. The van der Waals surface area contributed by atoms with Crippen LogP contribution in [0.1, 0.15) is 0 Å². The maximum absolute atomic E-state index is 9.16. The van der Waals surface area contributed by atoms with E-state index in [9.17, 15) is 0 Å². The lowest BCUT2D eigenvalue weighted by Crippen LogP contribution is -2.21. The Morgan fingerprint density at radius 3 is 2.25 bits per heavy atom. The fourth-order valence-corrected chi connectivity index (χ4v) is 0.950. The van der Waals surface area contributed by atoms with Crippen LogP contribution < -0.4 is 16.5 Å². The Morgan fingerprint density at radius 1 is 1.42 bits per heavy atom. The van der Waals surface area contributed by atoms with Gasteiger partial charge in [-0.1, -0.05) is 9.69 Å². The van der Waals surface area contributed by atoms with Gasteiger partial charge >= 0.3 is 0 Å². The lowest BCUT2D eigenvalue weighted by molar-refractivity contribution is -0.0132. The predicted octanol–water partition coefficient (Wildman–Crippen LogP) is -1.08. The van der Waals surface area contributed by atoms with E-state index < -0.39 is 0 Å². The minimum atomic E-state index is 0.0989. The summed E-state index contributed by atoms with van der Waals surface area (Å²) in [5.41, 5.74) is 5.79. The third-order valence-electron chi connectivity index (χ3n) is 1.51. The highest BCUT2D eigenvalue weighted by Gasteiger charge is 2.12. The number of hydrogen-bond acceptors (Lipinski definition) is 5. The molecule has 0 atom stereocenters. The second kappa shape index (κ2) is 2.68. The summed E-state index contributed by atoms with van der Waals surface area (Å²) in [5.74, 6) is 0.193. The van der Waals surface area contributed by atoms with Gasteiger partial charge in [0.25, 0.3) is 0 Å². The van der Waals surface area contributed by atoms with Crippen molar-refractivity contribution in [2.45, 2.75) is 0 Å². The molecule has 0 saturated carbocycles. The molecule has 1 aromatic heterocycles. The quantitative estimate of drug-likeness (QED) is 0.406. The van der Waals surface area contributed by atoms with Crippen molar-refractivity contribution in [1.82, 2.24) is 9.69 Å². The molecule has 0 aliphatic heterocycles. The zero-order valence-corrected chi connectivity index (χ0v) is 6.81. The molecule has 0 saturated heterocycles. The molecule has 0 aliphatic rings. The van der Waals surface area contributed by atoms with Crippen LogP contribution in [0.4, 0.5) is 11.5 Å². The summed E-state index contributed by atoms with van der Waals surface area (Å²) in [6.45, 7) is 0. The van der Waals surface area contributed by atoms with Crippen LogP contribution in [0.2, 0.25) is 0 Å². The van der Waals surface area contributed by atoms with Crippen molar-refractivity contribution in [2.75, 3.05) is 25.1 Å². The van der Waals surface area contributed by atoms with Crippen molar-refractivity contribution >= 4 is 11.5 Å². The molecule has 0 fully saturated rings. The van der Waals surface area contributed by atoms with E-state index in [0.717, 1.165) is 0 Å². The van der Waals surface area contributed by atoms with Crippen LogP contribution in [0.25, 0.3) is 0 Å². The number of nitrogens with one attached hydrogen (secondary N) is 1. The molecule has 0 amide bonds. The van der Waals surface area contributed by atoms with E-state index in [2.05, 4.69) is 10.3 Å². The third kappa shape index (κ3) is 0.865. The molecule has 1 aromatic rings. The Morgan fingerprint density at radius 2 is 2.00 bits per heavy atom. The Kier molecular flexibility index (Phi) is 1.86. The van der Waals surface area contributed by atoms with Crippen LogP contribution in [0.3, 0.4) is 0 Å². The van der Waals surface area contributed by atoms with Crippen LogP contribution in [0.5, 0.6) is 0 Å². The molecule has 5 N–H and O–H groups in total. The molecule has 0 radical (unpaired) electrons. The summed E-state index contributed by atoms with van der Waals surface area (Å²) >= 11 is 0. The Hall–Kier alpha value is -1.79. The van der Waals surface area contributed by atoms with Gasteiger partial charge in [-0.2, -0.15) is 0 Å². The number of hydrogen-bond donors (Lipinski definition) is 4. The number of nitrogen functional groups attached to an aromatic ring is 1. The standard InChI is InChI=1S/C5H11N5O2/c1-7-4-3(6)5(8-2)10(12)9(4)11/h7,11-12H,6H2,1-2H3. The van der Waals surface area contributed by atoms with Crippen molar-refractivity contribution in [3.63, 3.8) is 0 Å². The van der Waals surface area contributed by atoms with Gasteiger partial charge in [-0.25, -0.2) is 0 Å². The van der Waals surface area contributed by atoms with Crippen LogP contribution >= 0.6 is 0 Å². The molecular weight excluding hydrogens is 162 g/mol. The highest BCUT2D eigenvalue weighted by molar-refractivity contribution is 5.59. The SMILES string of the molecule is CN=c1c(N)c(NC)n(O)n1O. The molecule has 0 unspecified atom stereocenters. The lowest BCUT2D eigenvalue weighted by atomic mass is 10.5. The van der Waals surface area contributed by atoms with Crippen molar-refractivity contribution in [3.05, 3.63) is 5.49 Å². The zero-order chi connectivity index (χ0) is 9.30. The topological polar surface area (TPSA) is 101 Å². The second-order valence-electron chi connectivity index (χ2n) is 2.14. The predicted molar refractivity (Wildman–Crippen MR) is 42.2 cm³/mol. The first kappa shape index (κ1) is 8.31. The molecule has 0 spiro atoms. The molecule has 7 nitrogen and oxygen atoms in total. The van der Waals surface area contributed by atoms with E-state index >= 15 is 0 Å². The first-order chi connectivity index (χ1) is 5.63. The van der Waals surface area contributed by atoms with Gasteiger partial charge in [-0.15, -0.1) is 0 Å². The van der Waals surface area contributed by atoms with Crippen LogP contribution in [-0.2, 0) is 0 Å². The van der Waals surface area contributed by atoms with Gasteiger partial charge < -0.3 is 21.5 Å². The van der Waals surface area contributed by atoms with Crippen molar-refractivity contribution in [2.24, 2.45) is 4.99 Å². The van der Waals surface area contributed by atoms with Crippen LogP contribution in [0, 0.1) is 0 Å². The van der Waals surface area contributed by atoms with Gasteiger partial charge in [0.15, 0.2) is 5.82 Å². The number of nitrogens with two attached hydrogens (primary N) is 1. The molecule has 0 bridgehead atoms. The van der Waals surface area contributed by atoms with Crippen LogP contribution in [-0.4, -0.2) is 34.2 Å². The average Bonchev–Trinajstić information content (AvgIpc) is 2.25. The van der Waals surface area contributed by atoms with Gasteiger partial charge in [0.1, 0.15) is 5.69 Å². The summed E-state index contributed by atoms with van der Waals surface area (Å²) in [7, 11) is 3.02. The van der Waals surface area contributed by atoms with E-state index in [0.29, 0.717) is 9.69 Å². The van der Waals surface area contributed by atoms with E-state index in [1.54, 1.807) is 7.05 Å². The molecule has 7 heteroatoms. The smallest absolute Gasteiger partial charge is 0.213 e. The van der Waals surface area contributed by atoms with Crippen molar-refractivity contribution in [1.29, 1.82) is 0 Å². The van der Waals surface area contributed by atoms with Gasteiger partial charge in [0.2, 0.25) is 5.49 Å². The van der Waals surface area contributed by atoms with E-state index in [-0.39, 0.29) is 17.0 Å². The molecule has 1 rings (SSSR count). The molecule has 1 heterocycles. The van der Waals surface area contributed by atoms with E-state index in [1.807, 2.05) is 0 Å². The third-order valence-corrected chi connectivity index (χ3v) is 1.51. The fraction of sp³-hybridized carbons (Fsp3) is 0.400. The minimum Gasteiger partial charge on any atom is -0.409 e. The number of rotatable bonds is 1. The number of anilines is 2. The second-order valence-corrected chi connectivity index (χ2v) is 2.14. The van der Waals surface area contributed by atoms with E-state index in [1.165, 1.54) is 7.05 Å². The largest absolute Gasteiger partial charge is 0.409 e. The molecule has 12 heavy (non-hydrogen) atoms. The Bertz CT molecular complexity index is 349. The highest BCUT2D eigenvalue weighted by Crippen LogP contribution is 2.10. The van der Waals surface area contributed by atoms with E-state index in [4.69, 9.17) is 16.1 Å². The molecule has 0 aliphatic carbocycles. The maximum Gasteiger partial charge on any atom is 0.213 e. The first-order valence-corrected chi connectivity index (χ1v) is 3.26. The summed E-state index contributed by atoms with van der Waals surface area (Å²) < 4.78 is 0. The summed E-state index contributed by atoms with van der Waals surface area (Å²) in [6, 6.07) is 0. The molecule has 68 valence electrons. The molecular formula is C5H11N5O2. The van der Waals surface area contributed by atoms with Crippen molar-refractivity contribution in [3.8, 4) is 0 Å². The van der Waals surface area contributed by atoms with Gasteiger partial charge in [0, 0.05) is 14.1 Å². The zero-order valence-electron chi connectivity index (χ0n) is 6.81. The normalized spacial score (nSPS) is 12.0. The van der Waals surface area contributed by atoms with Crippen LogP contribution in [0.15, 0.2) is 4.99 Å². The fourth-order valence-electron chi connectivity index (χ4n) is 0.950. The first-order valence-electron chi connectivity index (χ1n) is 3.26. The average molecular weight is 173 g/mol. The van der Waals surface area contributed by atoms with Crippen molar-refractivity contribution < 1.29 is 10.4 Å². The van der Waals surface area contributed by atoms with Gasteiger partial charge in [-0.05, 0) is 0 Å². The Labute approximate surface area is 68.3 Å². The number of aromatic nitrogens is 2. The summed E-state index contributed by atoms with van der Waals surface area (Å²) in [4.78, 5) is 4.58. The molecule has 0 aromatic carbocycles. The monoisotopic (exact) mass is 173 g/mol. The highest BCUT2D eigenvalue weighted by atomic mass is 16.6. The van der Waals surface area contributed by atoms with Gasteiger partial charge in [-0.3, -0.25) is 4.99 Å². The lowest BCUT2D eigenvalue weighted by Gasteiger charge is -2.00.